The maximum absolute atomic E-state index is 11.7. The summed E-state index contributed by atoms with van der Waals surface area (Å²) in [7, 11) is -3.45. The molecule has 0 saturated carbocycles. The van der Waals surface area contributed by atoms with Gasteiger partial charge in [0, 0.05) is 12.0 Å². The van der Waals surface area contributed by atoms with Gasteiger partial charge in [-0.15, -0.1) is 10.2 Å². The molecule has 0 unspecified atom stereocenters. The second-order valence-corrected chi connectivity index (χ2v) is 5.34. The van der Waals surface area contributed by atoms with Gasteiger partial charge in [0.2, 0.25) is 10.0 Å². The van der Waals surface area contributed by atoms with Gasteiger partial charge < -0.3 is 0 Å². The average Bonchev–Trinajstić information content (AvgIpc) is 2.91. The predicted octanol–water partition coefficient (Wildman–Crippen LogP) is 0.263. The highest BCUT2D eigenvalue weighted by Crippen LogP contribution is 2.02. The van der Waals surface area contributed by atoms with E-state index in [0.29, 0.717) is 6.54 Å². The van der Waals surface area contributed by atoms with Crippen LogP contribution in [0, 0.1) is 0 Å². The summed E-state index contributed by atoms with van der Waals surface area (Å²) >= 11 is 0. The van der Waals surface area contributed by atoms with Gasteiger partial charge in [-0.05, 0) is 16.9 Å². The van der Waals surface area contributed by atoms with Crippen molar-refractivity contribution in [1.82, 2.24) is 24.9 Å². The fraction of sp³-hybridized carbons (Fsp3) is 0.182. The molecule has 0 bridgehead atoms. The number of tetrazole rings is 1. The lowest BCUT2D eigenvalue weighted by molar-refractivity contribution is 0.513. The number of benzene rings is 1. The van der Waals surface area contributed by atoms with Crippen molar-refractivity contribution in [2.24, 2.45) is 0 Å². The summed E-state index contributed by atoms with van der Waals surface area (Å²) in [4.78, 5) is 1.31. The summed E-state index contributed by atoms with van der Waals surface area (Å²) in [6.45, 7) is 0.538. The molecule has 0 aliphatic carbocycles. The van der Waals surface area contributed by atoms with Gasteiger partial charge in [-0.1, -0.05) is 30.3 Å². The topological polar surface area (TPSA) is 89.8 Å². The normalized spacial score (nSPS) is 12.0. The lowest BCUT2D eigenvalue weighted by atomic mass is 10.2. The van der Waals surface area contributed by atoms with Gasteiger partial charge in [0.1, 0.15) is 0 Å². The van der Waals surface area contributed by atoms with Crippen molar-refractivity contribution in [2.45, 2.75) is 6.54 Å². The van der Waals surface area contributed by atoms with Crippen molar-refractivity contribution in [1.29, 1.82) is 0 Å². The van der Waals surface area contributed by atoms with Crippen LogP contribution in [0.5, 0.6) is 0 Å². The van der Waals surface area contributed by atoms with Crippen LogP contribution in [0.1, 0.15) is 5.56 Å². The summed E-state index contributed by atoms with van der Waals surface area (Å²) < 4.78 is 25.8. The van der Waals surface area contributed by atoms with Crippen molar-refractivity contribution in [3.63, 3.8) is 0 Å². The van der Waals surface area contributed by atoms with E-state index < -0.39 is 10.0 Å². The molecule has 0 radical (unpaired) electrons. The Balaban J connectivity index is 1.87. The number of nitrogens with one attached hydrogen (secondary N) is 1. The van der Waals surface area contributed by atoms with Gasteiger partial charge in [0.15, 0.2) is 6.33 Å². The van der Waals surface area contributed by atoms with Gasteiger partial charge in [0.05, 0.1) is 6.54 Å². The molecule has 1 heterocycles. The number of aromatic nitrogens is 4. The van der Waals surface area contributed by atoms with E-state index >= 15 is 0 Å². The predicted molar refractivity (Wildman–Crippen MR) is 70.2 cm³/mol. The third kappa shape index (κ3) is 4.60. The van der Waals surface area contributed by atoms with Gasteiger partial charge in [0.25, 0.3) is 0 Å². The van der Waals surface area contributed by atoms with Crippen LogP contribution in [0.15, 0.2) is 42.1 Å². The van der Waals surface area contributed by atoms with Crippen LogP contribution in [0.25, 0.3) is 6.08 Å². The van der Waals surface area contributed by atoms with Crippen molar-refractivity contribution >= 4 is 16.1 Å². The molecule has 0 fully saturated rings. The first-order valence-corrected chi connectivity index (χ1v) is 7.14. The second-order valence-electron chi connectivity index (χ2n) is 3.68. The first kappa shape index (κ1) is 13.4. The highest BCUT2D eigenvalue weighted by atomic mass is 32.2. The van der Waals surface area contributed by atoms with Crippen molar-refractivity contribution in [3.8, 4) is 0 Å². The van der Waals surface area contributed by atoms with E-state index in [4.69, 9.17) is 0 Å². The maximum atomic E-state index is 11.7. The monoisotopic (exact) mass is 279 g/mol. The molecule has 1 N–H and O–H groups in total. The lowest BCUT2D eigenvalue weighted by Crippen LogP contribution is -2.26. The maximum Gasteiger partial charge on any atom is 0.233 e. The Morgan fingerprint density at radius 2 is 2.05 bits per heavy atom. The molecule has 100 valence electrons. The van der Waals surface area contributed by atoms with Gasteiger partial charge in [-0.3, -0.25) is 0 Å². The Hall–Kier alpha value is -2.06. The Morgan fingerprint density at radius 3 is 2.74 bits per heavy atom. The molecule has 19 heavy (non-hydrogen) atoms. The molecule has 7 nitrogen and oxygen atoms in total. The highest BCUT2D eigenvalue weighted by molar-refractivity contribution is 7.92. The fourth-order valence-electron chi connectivity index (χ4n) is 1.36. The minimum Gasteiger partial charge on any atom is -0.210 e. The van der Waals surface area contributed by atoms with E-state index in [1.54, 1.807) is 0 Å². The number of sulfonamides is 1. The smallest absolute Gasteiger partial charge is 0.210 e. The summed E-state index contributed by atoms with van der Waals surface area (Å²) in [5, 5.41) is 12.1. The largest absolute Gasteiger partial charge is 0.233 e. The quantitative estimate of drug-likeness (QED) is 0.819. The third-order valence-corrected chi connectivity index (χ3v) is 3.35. The summed E-state index contributed by atoms with van der Waals surface area (Å²) in [6.07, 6.45) is 2.83. The molecule has 2 rings (SSSR count). The van der Waals surface area contributed by atoms with Crippen LogP contribution in [-0.2, 0) is 16.6 Å². The van der Waals surface area contributed by atoms with Gasteiger partial charge in [-0.2, -0.15) is 4.80 Å². The molecule has 0 amide bonds. The van der Waals surface area contributed by atoms with E-state index in [9.17, 15) is 8.42 Å². The number of rotatable bonds is 6. The minimum absolute atomic E-state index is 0.206. The van der Waals surface area contributed by atoms with Crippen LogP contribution in [0.3, 0.4) is 0 Å². The summed E-state index contributed by atoms with van der Waals surface area (Å²) in [5.41, 5.74) is 0.825. The second kappa shape index (κ2) is 6.21. The SMILES string of the molecule is O=S(=O)(C=Cc1ccccc1)NCCn1ncnn1. The molecule has 0 spiro atoms. The molecule has 8 heteroatoms. The Kier molecular flexibility index (Phi) is 4.37. The van der Waals surface area contributed by atoms with E-state index in [1.165, 1.54) is 17.2 Å². The highest BCUT2D eigenvalue weighted by Gasteiger charge is 2.04. The van der Waals surface area contributed by atoms with E-state index in [-0.39, 0.29) is 6.54 Å². The summed E-state index contributed by atoms with van der Waals surface area (Å²) in [6, 6.07) is 9.21. The Labute approximate surface area is 111 Å². The van der Waals surface area contributed by atoms with Crippen molar-refractivity contribution in [2.75, 3.05) is 6.54 Å². The molecule has 2 aromatic rings. The molecule has 1 aromatic heterocycles. The fourth-order valence-corrected chi connectivity index (χ4v) is 2.17. The van der Waals surface area contributed by atoms with Crippen LogP contribution in [0.4, 0.5) is 0 Å². The molecule has 1 aromatic carbocycles. The van der Waals surface area contributed by atoms with E-state index in [2.05, 4.69) is 20.1 Å². The molecule has 0 atom stereocenters. The van der Waals surface area contributed by atoms with E-state index in [0.717, 1.165) is 11.0 Å². The number of hydrogen-bond donors (Lipinski definition) is 1. The van der Waals surface area contributed by atoms with Gasteiger partial charge >= 0.3 is 0 Å². The zero-order chi connectivity index (χ0) is 13.6. The lowest BCUT2D eigenvalue weighted by Gasteiger charge is -2.01. The third-order valence-electron chi connectivity index (χ3n) is 2.25. The van der Waals surface area contributed by atoms with Crippen LogP contribution in [0.2, 0.25) is 0 Å². The molecule has 0 aliphatic rings. The summed E-state index contributed by atoms with van der Waals surface area (Å²) in [5.74, 6) is 0. The van der Waals surface area contributed by atoms with E-state index in [1.807, 2.05) is 30.3 Å². The van der Waals surface area contributed by atoms with Gasteiger partial charge in [-0.25, -0.2) is 13.1 Å². The Morgan fingerprint density at radius 1 is 1.26 bits per heavy atom. The van der Waals surface area contributed by atoms with Crippen molar-refractivity contribution < 1.29 is 8.42 Å². The number of nitrogens with zero attached hydrogens (tertiary/aromatic N) is 4. The zero-order valence-electron chi connectivity index (χ0n) is 10.0. The molecular weight excluding hydrogens is 266 g/mol. The first-order chi connectivity index (χ1) is 9.16. The first-order valence-electron chi connectivity index (χ1n) is 5.59. The Bertz CT molecular complexity index is 622. The van der Waals surface area contributed by atoms with Crippen LogP contribution >= 0.6 is 0 Å². The number of hydrogen-bond acceptors (Lipinski definition) is 5. The standard InChI is InChI=1S/C11H13N5O2S/c17-19(18,9-6-11-4-2-1-3-5-11)14-7-8-16-13-10-12-15-16/h1-6,9-10,14H,7-8H2. The average molecular weight is 279 g/mol. The zero-order valence-corrected chi connectivity index (χ0v) is 10.9. The minimum atomic E-state index is -3.45. The van der Waals surface area contributed by atoms with Crippen LogP contribution in [-0.4, -0.2) is 35.2 Å². The van der Waals surface area contributed by atoms with Crippen LogP contribution < -0.4 is 4.72 Å². The molecule has 0 aliphatic heterocycles. The van der Waals surface area contributed by atoms with Crippen molar-refractivity contribution in [3.05, 3.63) is 47.6 Å². The molecule has 0 saturated heterocycles. The molecular formula is C11H13N5O2S.